The van der Waals surface area contributed by atoms with E-state index in [1.807, 2.05) is 0 Å². The molecule has 3 rings (SSSR count). The number of carbonyl (C=O) groups is 2. The molecule has 1 fully saturated rings. The Balaban J connectivity index is 2.23. The van der Waals surface area contributed by atoms with E-state index in [1.54, 1.807) is 6.92 Å². The smallest absolute Gasteiger partial charge is 0.428 e. The molecule has 16 heteroatoms. The summed E-state index contributed by atoms with van der Waals surface area (Å²) >= 11 is 6.13. The van der Waals surface area contributed by atoms with Crippen molar-refractivity contribution in [2.45, 2.75) is 70.6 Å². The summed E-state index contributed by atoms with van der Waals surface area (Å²) in [5, 5.41) is -0.240. The van der Waals surface area contributed by atoms with Gasteiger partial charge in [0, 0.05) is 20.4 Å². The number of nitrogens with two attached hydrogens (primary N) is 1. The predicted molar refractivity (Wildman–Crippen MR) is 107 cm³/mol. The first-order chi connectivity index (χ1) is 15.8. The third kappa shape index (κ3) is 4.66. The Morgan fingerprint density at radius 2 is 1.91 bits per heavy atom. The highest BCUT2D eigenvalue weighted by Crippen LogP contribution is 2.41. The van der Waals surface area contributed by atoms with Gasteiger partial charge >= 0.3 is 23.8 Å². The summed E-state index contributed by atoms with van der Waals surface area (Å²) in [6.45, 7) is 3.41. The zero-order valence-corrected chi connectivity index (χ0v) is 18.8. The van der Waals surface area contributed by atoms with Crippen LogP contribution in [-0.4, -0.2) is 61.7 Å². The summed E-state index contributed by atoms with van der Waals surface area (Å²) in [6.07, 6.45) is -16.9. The number of ether oxygens (including phenoxy) is 3. The Bertz CT molecular complexity index is 1170. The number of anilines is 1. The Kier molecular flexibility index (Phi) is 7.07. The van der Waals surface area contributed by atoms with E-state index in [0.29, 0.717) is 17.9 Å². The number of carbonyl (C=O) groups excluding carboxylic acids is 2. The topological polar surface area (TPSA) is 141 Å². The number of hydrogen-bond acceptors (Lipinski definition) is 9. The van der Waals surface area contributed by atoms with Gasteiger partial charge in [0.15, 0.2) is 29.3 Å². The van der Waals surface area contributed by atoms with Crippen LogP contribution in [0.15, 0.2) is 4.79 Å². The highest BCUT2D eigenvalue weighted by molar-refractivity contribution is 6.33. The number of esters is 2. The lowest BCUT2D eigenvalue weighted by Crippen LogP contribution is -2.47. The number of fused-ring (bicyclic) bond motifs is 1. The molecular weight excluding hydrogens is 494 g/mol. The number of imidazole rings is 1. The van der Waals surface area contributed by atoms with Crippen molar-refractivity contribution in [3.63, 3.8) is 0 Å². The van der Waals surface area contributed by atoms with Crippen molar-refractivity contribution in [2.75, 3.05) is 5.73 Å². The van der Waals surface area contributed by atoms with Crippen LogP contribution in [0.3, 0.4) is 0 Å². The van der Waals surface area contributed by atoms with Gasteiger partial charge < -0.3 is 19.9 Å². The maximum absolute atomic E-state index is 15.3. The lowest BCUT2D eigenvalue weighted by atomic mass is 10.1. The number of aryl methyl sites for hydroxylation is 1. The first kappa shape index (κ1) is 25.7. The Hall–Kier alpha value is -2.94. The lowest BCUT2D eigenvalue weighted by Gasteiger charge is -2.26. The minimum atomic E-state index is -5.24. The van der Waals surface area contributed by atoms with Crippen molar-refractivity contribution < 1.29 is 41.4 Å². The van der Waals surface area contributed by atoms with Crippen LogP contribution >= 0.6 is 11.6 Å². The largest absolute Gasteiger partial charge is 0.454 e. The van der Waals surface area contributed by atoms with Crippen molar-refractivity contribution >= 4 is 40.7 Å². The molecule has 2 aromatic rings. The van der Waals surface area contributed by atoms with Gasteiger partial charge in [-0.1, -0.05) is 18.5 Å². The molecule has 0 amide bonds. The highest BCUT2D eigenvalue weighted by Gasteiger charge is 2.60. The summed E-state index contributed by atoms with van der Waals surface area (Å²) in [5.41, 5.74) is 4.41. The third-order valence-corrected chi connectivity index (χ3v) is 5.16. The van der Waals surface area contributed by atoms with E-state index in [0.717, 1.165) is 11.5 Å². The Labute approximate surface area is 193 Å². The molecule has 188 valence electrons. The molecule has 0 bridgehead atoms. The summed E-state index contributed by atoms with van der Waals surface area (Å²) in [7, 11) is 0. The van der Waals surface area contributed by atoms with E-state index >= 15 is 4.39 Å². The molecule has 5 atom stereocenters. The van der Waals surface area contributed by atoms with Crippen LogP contribution in [-0.2, 0) is 30.3 Å². The number of hydrogen-bond donors (Lipinski definition) is 1. The summed E-state index contributed by atoms with van der Waals surface area (Å²) in [6, 6.07) is 0. The Morgan fingerprint density at radius 1 is 1.26 bits per heavy atom. The predicted octanol–water partition coefficient (Wildman–Crippen LogP) is 1.90. The maximum atomic E-state index is 15.3. The van der Waals surface area contributed by atoms with Gasteiger partial charge in [-0.25, -0.2) is 13.8 Å². The molecule has 0 saturated carbocycles. The van der Waals surface area contributed by atoms with Crippen LogP contribution in [0, 0.1) is 0 Å². The van der Waals surface area contributed by atoms with E-state index in [1.165, 1.54) is 0 Å². The van der Waals surface area contributed by atoms with Gasteiger partial charge in [0.2, 0.25) is 12.1 Å². The van der Waals surface area contributed by atoms with Gasteiger partial charge in [-0.05, 0) is 6.42 Å². The monoisotopic (exact) mass is 513 g/mol. The van der Waals surface area contributed by atoms with Gasteiger partial charge in [0.05, 0.1) is 0 Å². The van der Waals surface area contributed by atoms with Crippen molar-refractivity contribution in [1.29, 1.82) is 0 Å². The molecule has 1 aliphatic rings. The normalized spacial score (nSPS) is 23.8. The minimum Gasteiger partial charge on any atom is -0.454 e. The first-order valence-corrected chi connectivity index (χ1v) is 10.3. The van der Waals surface area contributed by atoms with Gasteiger partial charge in [-0.2, -0.15) is 23.1 Å². The van der Waals surface area contributed by atoms with Gasteiger partial charge in [0.1, 0.15) is 11.6 Å². The third-order valence-electron chi connectivity index (χ3n) is 4.90. The lowest BCUT2D eigenvalue weighted by molar-refractivity contribution is -0.252. The molecule has 11 nitrogen and oxygen atoms in total. The number of alkyl halides is 4. The quantitative estimate of drug-likeness (QED) is 0.348. The van der Waals surface area contributed by atoms with Crippen molar-refractivity contribution in [3.05, 3.63) is 15.6 Å². The van der Waals surface area contributed by atoms with Crippen molar-refractivity contribution in [1.82, 2.24) is 19.1 Å². The van der Waals surface area contributed by atoms with E-state index in [4.69, 9.17) is 26.8 Å². The minimum absolute atomic E-state index is 0.0286. The van der Waals surface area contributed by atoms with E-state index in [9.17, 15) is 27.6 Å². The van der Waals surface area contributed by atoms with Crippen LogP contribution in [0.25, 0.3) is 11.2 Å². The van der Waals surface area contributed by atoms with Crippen LogP contribution in [0.4, 0.5) is 23.5 Å². The molecule has 1 aliphatic heterocycles. The fraction of sp³-hybridized carbons (Fsp3) is 0.611. The average Bonchev–Trinajstić information content (AvgIpc) is 3.13. The van der Waals surface area contributed by atoms with Crippen LogP contribution in [0.1, 0.15) is 33.4 Å². The molecule has 3 heterocycles. The summed E-state index contributed by atoms with van der Waals surface area (Å²) < 4.78 is 72.4. The molecule has 0 aromatic carbocycles. The first-order valence-electron chi connectivity index (χ1n) is 9.92. The van der Waals surface area contributed by atoms with Gasteiger partial charge in [-0.3, -0.25) is 14.2 Å². The Morgan fingerprint density at radius 3 is 2.44 bits per heavy atom. The van der Waals surface area contributed by atoms with Gasteiger partial charge in [-0.15, -0.1) is 0 Å². The fourth-order valence-corrected chi connectivity index (χ4v) is 4.00. The molecule has 2 aromatic heterocycles. The molecule has 0 spiro atoms. The van der Waals surface area contributed by atoms with Crippen molar-refractivity contribution in [3.8, 4) is 0 Å². The SMILES string of the molecule is CCCn1c(=O)n([C@@H]2O[C@H]([C@@H](OC(C)=O)C(F)(F)F)[C@H](F)[C@H]2OC(C)=O)c2nc(N)nc(Cl)c21. The van der Waals surface area contributed by atoms with Crippen LogP contribution < -0.4 is 11.4 Å². The molecule has 0 unspecified atom stereocenters. The number of rotatable bonds is 6. The van der Waals surface area contributed by atoms with Gasteiger partial charge in [0.25, 0.3) is 0 Å². The number of halogens is 5. The van der Waals surface area contributed by atoms with Crippen LogP contribution in [0.5, 0.6) is 0 Å². The second kappa shape index (κ2) is 9.37. The molecule has 0 radical (unpaired) electrons. The van der Waals surface area contributed by atoms with Crippen LogP contribution in [0.2, 0.25) is 5.15 Å². The maximum Gasteiger partial charge on any atom is 0.428 e. The average molecular weight is 514 g/mol. The van der Waals surface area contributed by atoms with E-state index < -0.39 is 54.5 Å². The molecule has 1 saturated heterocycles. The zero-order valence-electron chi connectivity index (χ0n) is 18.0. The zero-order chi connectivity index (χ0) is 25.5. The number of nitrogen functional groups attached to an aromatic ring is 1. The second-order valence-corrected chi connectivity index (χ2v) is 7.79. The summed E-state index contributed by atoms with van der Waals surface area (Å²) in [5.74, 6) is -2.80. The number of nitrogens with zero attached hydrogens (tertiary/aromatic N) is 4. The molecule has 0 aliphatic carbocycles. The molecule has 34 heavy (non-hydrogen) atoms. The second-order valence-electron chi connectivity index (χ2n) is 7.43. The molecule has 2 N–H and O–H groups in total. The van der Waals surface area contributed by atoms with E-state index in [-0.39, 0.29) is 28.8 Å². The number of aromatic nitrogens is 4. The summed E-state index contributed by atoms with van der Waals surface area (Å²) in [4.78, 5) is 43.8. The molecular formula is C18H20ClF4N5O6. The standard InChI is InChI=1S/C18H20ClF4N5O6/c1-4-5-27-9-13(19)25-16(24)26-14(9)28(17(27)31)15-11(32-6(2)29)8(20)10(34-15)12(18(21,22)23)33-7(3)30/h8,10-12,15H,4-5H2,1-3H3,(H2,24,25,26)/t8-,10-,11+,12+,15+/m0/s1. The fourth-order valence-electron chi connectivity index (χ4n) is 3.73. The highest BCUT2D eigenvalue weighted by atomic mass is 35.5. The van der Waals surface area contributed by atoms with E-state index in [2.05, 4.69) is 14.7 Å². The van der Waals surface area contributed by atoms with Crippen molar-refractivity contribution in [2.24, 2.45) is 0 Å².